The first-order chi connectivity index (χ1) is 17.1. The number of carbonyl (C=O) groups is 2. The third-order valence-electron chi connectivity index (χ3n) is 5.93. The molecule has 0 spiro atoms. The molecule has 1 aliphatic rings. The Morgan fingerprint density at radius 3 is 2.57 bits per heavy atom. The smallest absolute Gasteiger partial charge is 0.290 e. The highest BCUT2D eigenvalue weighted by Gasteiger charge is 2.20. The maximum atomic E-state index is 13.0. The standard InChI is InChI=1S/C26H30N4O4S/c1-2-3-8-15-30-26(33)20-12-5-4-11-19(20)23(29-30)25(32)28-27-24(31)21-13-6-7-14-22(21)35-17-18-10-9-16-34-18/h4-7,11-14,18H,2-3,8-10,15-17H2,1H3,(H,27,31)(H,28,32). The third kappa shape index (κ3) is 6.10. The van der Waals surface area contributed by atoms with Crippen molar-refractivity contribution >= 4 is 34.3 Å². The number of thioether (sulfide) groups is 1. The molecule has 4 rings (SSSR count). The molecule has 0 bridgehead atoms. The predicted molar refractivity (Wildman–Crippen MR) is 137 cm³/mol. The lowest BCUT2D eigenvalue weighted by molar-refractivity contribution is 0.0842. The van der Waals surface area contributed by atoms with Crippen molar-refractivity contribution in [3.8, 4) is 0 Å². The number of unbranched alkanes of at least 4 members (excludes halogenated alkanes) is 2. The van der Waals surface area contributed by atoms with Crippen LogP contribution in [0.15, 0.2) is 58.2 Å². The number of benzene rings is 2. The van der Waals surface area contributed by atoms with E-state index in [-0.39, 0.29) is 17.4 Å². The van der Waals surface area contributed by atoms with E-state index in [0.29, 0.717) is 22.9 Å². The van der Waals surface area contributed by atoms with Crippen LogP contribution in [0.4, 0.5) is 0 Å². The number of fused-ring (bicyclic) bond motifs is 1. The van der Waals surface area contributed by atoms with E-state index in [9.17, 15) is 14.4 Å². The molecule has 1 atom stereocenters. The highest BCUT2D eigenvalue weighted by Crippen LogP contribution is 2.26. The molecule has 2 N–H and O–H groups in total. The van der Waals surface area contributed by atoms with Crippen LogP contribution in [0.3, 0.4) is 0 Å². The van der Waals surface area contributed by atoms with Crippen LogP contribution in [0.25, 0.3) is 10.8 Å². The maximum Gasteiger partial charge on any atom is 0.290 e. The Kier molecular flexibility index (Phi) is 8.54. The zero-order chi connectivity index (χ0) is 24.6. The van der Waals surface area contributed by atoms with E-state index in [1.807, 2.05) is 12.1 Å². The summed E-state index contributed by atoms with van der Waals surface area (Å²) in [5, 5.41) is 5.21. The summed E-state index contributed by atoms with van der Waals surface area (Å²) in [6.45, 7) is 3.30. The van der Waals surface area contributed by atoms with Gasteiger partial charge >= 0.3 is 0 Å². The number of amides is 2. The number of nitrogens with one attached hydrogen (secondary N) is 2. The van der Waals surface area contributed by atoms with Crippen LogP contribution in [0.2, 0.25) is 0 Å². The second kappa shape index (κ2) is 12.0. The molecule has 1 unspecified atom stereocenters. The Hall–Kier alpha value is -3.17. The Bertz CT molecular complexity index is 1250. The second-order valence-corrected chi connectivity index (χ2v) is 9.54. The van der Waals surface area contributed by atoms with Crippen LogP contribution in [0.1, 0.15) is 59.9 Å². The van der Waals surface area contributed by atoms with Crippen molar-refractivity contribution in [1.29, 1.82) is 0 Å². The topological polar surface area (TPSA) is 102 Å². The van der Waals surface area contributed by atoms with Gasteiger partial charge in [-0.2, -0.15) is 5.10 Å². The first-order valence-corrected chi connectivity index (χ1v) is 13.0. The van der Waals surface area contributed by atoms with Crippen molar-refractivity contribution in [1.82, 2.24) is 20.6 Å². The average molecular weight is 495 g/mol. The lowest BCUT2D eigenvalue weighted by Crippen LogP contribution is -2.43. The number of aromatic nitrogens is 2. The van der Waals surface area contributed by atoms with Gasteiger partial charge in [-0.25, -0.2) is 4.68 Å². The third-order valence-corrected chi connectivity index (χ3v) is 7.13. The van der Waals surface area contributed by atoms with Gasteiger partial charge in [-0.1, -0.05) is 50.1 Å². The molecule has 9 heteroatoms. The summed E-state index contributed by atoms with van der Waals surface area (Å²) >= 11 is 1.57. The molecule has 184 valence electrons. The summed E-state index contributed by atoms with van der Waals surface area (Å²) in [6, 6.07) is 14.2. The van der Waals surface area contributed by atoms with E-state index in [1.165, 1.54) is 4.68 Å². The first-order valence-electron chi connectivity index (χ1n) is 12.0. The molecule has 1 aromatic heterocycles. The molecular weight excluding hydrogens is 464 g/mol. The molecule has 35 heavy (non-hydrogen) atoms. The minimum atomic E-state index is -0.580. The van der Waals surface area contributed by atoms with Gasteiger partial charge in [-0.3, -0.25) is 25.2 Å². The van der Waals surface area contributed by atoms with E-state index in [4.69, 9.17) is 4.74 Å². The van der Waals surface area contributed by atoms with Gasteiger partial charge in [0.05, 0.1) is 17.1 Å². The Morgan fingerprint density at radius 2 is 1.80 bits per heavy atom. The van der Waals surface area contributed by atoms with E-state index < -0.39 is 11.8 Å². The molecular formula is C26H30N4O4S. The minimum absolute atomic E-state index is 0.0954. The fourth-order valence-corrected chi connectivity index (χ4v) is 5.16. The molecule has 1 fully saturated rings. The minimum Gasteiger partial charge on any atom is -0.377 e. The van der Waals surface area contributed by atoms with Crippen molar-refractivity contribution < 1.29 is 14.3 Å². The Balaban J connectivity index is 1.48. The molecule has 2 aromatic carbocycles. The van der Waals surface area contributed by atoms with Crippen LogP contribution in [0, 0.1) is 0 Å². The molecule has 0 saturated carbocycles. The summed E-state index contributed by atoms with van der Waals surface area (Å²) in [6.07, 6.45) is 5.05. The van der Waals surface area contributed by atoms with Crippen LogP contribution in [0.5, 0.6) is 0 Å². The molecule has 1 aliphatic heterocycles. The van der Waals surface area contributed by atoms with Crippen molar-refractivity contribution in [2.45, 2.75) is 56.6 Å². The van der Waals surface area contributed by atoms with Crippen LogP contribution in [-0.4, -0.2) is 40.1 Å². The number of hydrogen-bond donors (Lipinski definition) is 2. The molecule has 1 saturated heterocycles. The van der Waals surface area contributed by atoms with Crippen molar-refractivity contribution in [2.75, 3.05) is 12.4 Å². The van der Waals surface area contributed by atoms with Crippen LogP contribution in [-0.2, 0) is 11.3 Å². The maximum absolute atomic E-state index is 13.0. The predicted octanol–water partition coefficient (Wildman–Crippen LogP) is 3.93. The summed E-state index contributed by atoms with van der Waals surface area (Å²) in [4.78, 5) is 39.6. The Morgan fingerprint density at radius 1 is 1.06 bits per heavy atom. The van der Waals surface area contributed by atoms with Crippen molar-refractivity contribution in [2.24, 2.45) is 0 Å². The summed E-state index contributed by atoms with van der Waals surface area (Å²) in [5.74, 6) is -0.232. The highest BCUT2D eigenvalue weighted by atomic mass is 32.2. The van der Waals surface area contributed by atoms with Crippen molar-refractivity contribution in [3.05, 3.63) is 70.1 Å². The zero-order valence-corrected chi connectivity index (χ0v) is 20.6. The molecule has 2 amide bonds. The lowest BCUT2D eigenvalue weighted by atomic mass is 10.1. The number of hydrazine groups is 1. The lowest BCUT2D eigenvalue weighted by Gasteiger charge is -2.14. The van der Waals surface area contributed by atoms with Gasteiger partial charge in [0, 0.05) is 29.2 Å². The first kappa shape index (κ1) is 24.9. The second-order valence-electron chi connectivity index (χ2n) is 8.48. The largest absolute Gasteiger partial charge is 0.377 e. The summed E-state index contributed by atoms with van der Waals surface area (Å²) in [7, 11) is 0. The molecule has 3 aromatic rings. The fraction of sp³-hybridized carbons (Fsp3) is 0.385. The van der Waals surface area contributed by atoms with Gasteiger partial charge in [0.15, 0.2) is 5.69 Å². The summed E-state index contributed by atoms with van der Waals surface area (Å²) in [5.41, 5.74) is 5.32. The number of ether oxygens (including phenoxy) is 1. The van der Waals surface area contributed by atoms with Gasteiger partial charge < -0.3 is 4.74 Å². The average Bonchev–Trinajstić information content (AvgIpc) is 3.41. The zero-order valence-electron chi connectivity index (χ0n) is 19.8. The highest BCUT2D eigenvalue weighted by molar-refractivity contribution is 7.99. The van der Waals surface area contributed by atoms with Gasteiger partial charge in [-0.15, -0.1) is 11.8 Å². The number of nitrogens with zero attached hydrogens (tertiary/aromatic N) is 2. The van der Waals surface area contributed by atoms with E-state index in [0.717, 1.165) is 49.4 Å². The van der Waals surface area contributed by atoms with Crippen molar-refractivity contribution in [3.63, 3.8) is 0 Å². The van der Waals surface area contributed by atoms with Crippen LogP contribution < -0.4 is 16.4 Å². The number of aryl methyl sites for hydroxylation is 1. The van der Waals surface area contributed by atoms with Gasteiger partial charge in [0.25, 0.3) is 17.4 Å². The molecule has 0 radical (unpaired) electrons. The van der Waals surface area contributed by atoms with E-state index in [1.54, 1.807) is 48.2 Å². The number of rotatable bonds is 9. The summed E-state index contributed by atoms with van der Waals surface area (Å²) < 4.78 is 7.02. The van der Waals surface area contributed by atoms with Gasteiger partial charge in [0.1, 0.15) is 0 Å². The monoisotopic (exact) mass is 494 g/mol. The fourth-order valence-electron chi connectivity index (χ4n) is 4.04. The van der Waals surface area contributed by atoms with E-state index >= 15 is 0 Å². The quantitative estimate of drug-likeness (QED) is 0.265. The molecule has 0 aliphatic carbocycles. The van der Waals surface area contributed by atoms with Gasteiger partial charge in [0.2, 0.25) is 0 Å². The molecule has 2 heterocycles. The normalized spacial score (nSPS) is 15.3. The Labute approximate surface area is 208 Å². The van der Waals surface area contributed by atoms with E-state index in [2.05, 4.69) is 22.9 Å². The molecule has 8 nitrogen and oxygen atoms in total. The SMILES string of the molecule is CCCCCn1nc(C(=O)NNC(=O)c2ccccc2SCC2CCCO2)c2ccccc2c1=O. The number of carbonyl (C=O) groups excluding carboxylic acids is 2. The number of hydrogen-bond acceptors (Lipinski definition) is 6. The van der Waals surface area contributed by atoms with Crippen LogP contribution >= 0.6 is 11.8 Å². The van der Waals surface area contributed by atoms with Gasteiger partial charge in [-0.05, 0) is 37.5 Å².